The molecule has 0 saturated carbocycles. The molecule has 0 rings (SSSR count). The quantitative estimate of drug-likeness (QED) is 0.623. The SMILES string of the molecule is CC(C)COCCNCCS(=O)(=O)C(C)C. The largest absolute Gasteiger partial charge is 0.380 e. The predicted octanol–water partition coefficient (Wildman–Crippen LogP) is 1.07. The van der Waals surface area contributed by atoms with E-state index < -0.39 is 9.84 Å². The van der Waals surface area contributed by atoms with E-state index in [4.69, 9.17) is 4.74 Å². The van der Waals surface area contributed by atoms with Gasteiger partial charge in [-0.15, -0.1) is 0 Å². The van der Waals surface area contributed by atoms with Crippen LogP contribution in [0.4, 0.5) is 0 Å². The van der Waals surface area contributed by atoms with Gasteiger partial charge >= 0.3 is 0 Å². The van der Waals surface area contributed by atoms with Crippen LogP contribution in [0.3, 0.4) is 0 Å². The zero-order valence-corrected chi connectivity index (χ0v) is 11.6. The Morgan fingerprint density at radius 1 is 1.12 bits per heavy atom. The van der Waals surface area contributed by atoms with Crippen molar-refractivity contribution in [2.75, 3.05) is 32.1 Å². The first-order valence-electron chi connectivity index (χ1n) is 5.86. The van der Waals surface area contributed by atoms with Gasteiger partial charge in [-0.3, -0.25) is 0 Å². The molecule has 16 heavy (non-hydrogen) atoms. The molecule has 0 atom stereocenters. The minimum atomic E-state index is -2.91. The zero-order chi connectivity index (χ0) is 12.6. The molecule has 0 bridgehead atoms. The van der Waals surface area contributed by atoms with Gasteiger partial charge in [0, 0.05) is 19.7 Å². The molecule has 1 N–H and O–H groups in total. The van der Waals surface area contributed by atoms with E-state index in [2.05, 4.69) is 19.2 Å². The first-order valence-corrected chi connectivity index (χ1v) is 7.58. The third-order valence-corrected chi connectivity index (χ3v) is 4.37. The minimum absolute atomic E-state index is 0.203. The Morgan fingerprint density at radius 2 is 1.75 bits per heavy atom. The van der Waals surface area contributed by atoms with Crippen molar-refractivity contribution in [3.8, 4) is 0 Å². The average molecular weight is 251 g/mol. The number of hydrogen-bond acceptors (Lipinski definition) is 4. The van der Waals surface area contributed by atoms with Gasteiger partial charge in [0.15, 0.2) is 9.84 Å². The van der Waals surface area contributed by atoms with Crippen LogP contribution in [0.25, 0.3) is 0 Å². The lowest BCUT2D eigenvalue weighted by atomic mass is 10.2. The molecule has 0 saturated heterocycles. The number of rotatable bonds is 9. The molecule has 0 fully saturated rings. The van der Waals surface area contributed by atoms with Crippen LogP contribution in [0, 0.1) is 5.92 Å². The fourth-order valence-corrected chi connectivity index (χ4v) is 1.94. The van der Waals surface area contributed by atoms with Gasteiger partial charge in [-0.2, -0.15) is 0 Å². The highest BCUT2D eigenvalue weighted by molar-refractivity contribution is 7.92. The molecule has 0 aliphatic carbocycles. The van der Waals surface area contributed by atoms with Crippen LogP contribution in [0.15, 0.2) is 0 Å². The topological polar surface area (TPSA) is 55.4 Å². The number of ether oxygens (including phenoxy) is 1. The van der Waals surface area contributed by atoms with E-state index in [0.29, 0.717) is 25.6 Å². The van der Waals surface area contributed by atoms with Crippen LogP contribution in [0.5, 0.6) is 0 Å². The normalized spacial score (nSPS) is 12.6. The molecule has 0 heterocycles. The van der Waals surface area contributed by atoms with Gasteiger partial charge in [0.1, 0.15) is 0 Å². The standard InChI is InChI=1S/C11H25NO3S/c1-10(2)9-15-7-5-12-6-8-16(13,14)11(3)4/h10-12H,5-9H2,1-4H3. The van der Waals surface area contributed by atoms with Gasteiger partial charge in [0.2, 0.25) is 0 Å². The van der Waals surface area contributed by atoms with Crippen molar-refractivity contribution in [2.45, 2.75) is 32.9 Å². The fourth-order valence-electron chi connectivity index (χ4n) is 1.04. The molecule has 98 valence electrons. The van der Waals surface area contributed by atoms with Crippen LogP contribution in [-0.4, -0.2) is 45.7 Å². The molecule has 0 aromatic heterocycles. The fraction of sp³-hybridized carbons (Fsp3) is 1.00. The Hall–Kier alpha value is -0.130. The number of hydrogen-bond donors (Lipinski definition) is 1. The summed E-state index contributed by atoms with van der Waals surface area (Å²) in [5.41, 5.74) is 0. The van der Waals surface area contributed by atoms with Crippen molar-refractivity contribution >= 4 is 9.84 Å². The lowest BCUT2D eigenvalue weighted by Crippen LogP contribution is -2.29. The Balaban J connectivity index is 3.41. The average Bonchev–Trinajstić information content (AvgIpc) is 2.15. The first kappa shape index (κ1) is 15.9. The molecule has 5 heteroatoms. The molecule has 0 aliphatic heterocycles. The van der Waals surface area contributed by atoms with Crippen LogP contribution < -0.4 is 5.32 Å². The maximum atomic E-state index is 11.4. The summed E-state index contributed by atoms with van der Waals surface area (Å²) >= 11 is 0. The van der Waals surface area contributed by atoms with Gasteiger partial charge in [0.25, 0.3) is 0 Å². The van der Waals surface area contributed by atoms with Crippen LogP contribution >= 0.6 is 0 Å². The summed E-state index contributed by atoms with van der Waals surface area (Å²) in [5.74, 6) is 0.746. The van der Waals surface area contributed by atoms with Gasteiger partial charge in [0.05, 0.1) is 17.6 Å². The zero-order valence-electron chi connectivity index (χ0n) is 10.8. The van der Waals surface area contributed by atoms with Gasteiger partial charge < -0.3 is 10.1 Å². The van der Waals surface area contributed by atoms with Crippen LogP contribution in [-0.2, 0) is 14.6 Å². The van der Waals surface area contributed by atoms with E-state index in [0.717, 1.165) is 6.61 Å². The summed E-state index contributed by atoms with van der Waals surface area (Å²) in [6.07, 6.45) is 0. The molecule has 0 aliphatic rings. The van der Waals surface area contributed by atoms with Gasteiger partial charge in [-0.1, -0.05) is 13.8 Å². The summed E-state index contributed by atoms with van der Waals surface area (Å²) in [6, 6.07) is 0. The van der Waals surface area contributed by atoms with E-state index in [1.54, 1.807) is 13.8 Å². The van der Waals surface area contributed by atoms with E-state index in [9.17, 15) is 8.42 Å². The highest BCUT2D eigenvalue weighted by Gasteiger charge is 2.14. The molecule has 0 aromatic rings. The Morgan fingerprint density at radius 3 is 2.25 bits per heavy atom. The van der Waals surface area contributed by atoms with E-state index in [-0.39, 0.29) is 11.0 Å². The third-order valence-electron chi connectivity index (χ3n) is 2.16. The molecular formula is C11H25NO3S. The van der Waals surface area contributed by atoms with Crippen molar-refractivity contribution in [1.82, 2.24) is 5.32 Å². The summed E-state index contributed by atoms with van der Waals surface area (Å²) < 4.78 is 28.2. The first-order chi connectivity index (χ1) is 7.36. The van der Waals surface area contributed by atoms with Crippen molar-refractivity contribution in [3.63, 3.8) is 0 Å². The molecule has 0 unspecified atom stereocenters. The van der Waals surface area contributed by atoms with Gasteiger partial charge in [-0.05, 0) is 19.8 Å². The molecule has 4 nitrogen and oxygen atoms in total. The van der Waals surface area contributed by atoms with Crippen LogP contribution in [0.1, 0.15) is 27.7 Å². The molecule has 0 amide bonds. The molecule has 0 radical (unpaired) electrons. The summed E-state index contributed by atoms with van der Waals surface area (Å²) in [4.78, 5) is 0. The van der Waals surface area contributed by atoms with Crippen molar-refractivity contribution in [2.24, 2.45) is 5.92 Å². The third kappa shape index (κ3) is 8.07. The van der Waals surface area contributed by atoms with Crippen molar-refractivity contribution in [1.29, 1.82) is 0 Å². The Labute approximate surface area is 99.7 Å². The lowest BCUT2D eigenvalue weighted by molar-refractivity contribution is 0.112. The van der Waals surface area contributed by atoms with Crippen molar-refractivity contribution in [3.05, 3.63) is 0 Å². The minimum Gasteiger partial charge on any atom is -0.380 e. The predicted molar refractivity (Wildman–Crippen MR) is 67.4 cm³/mol. The second-order valence-electron chi connectivity index (χ2n) is 4.63. The monoisotopic (exact) mass is 251 g/mol. The maximum absolute atomic E-state index is 11.4. The Bertz CT molecular complexity index is 260. The second-order valence-corrected chi connectivity index (χ2v) is 7.31. The van der Waals surface area contributed by atoms with Gasteiger partial charge in [-0.25, -0.2) is 8.42 Å². The van der Waals surface area contributed by atoms with E-state index in [1.807, 2.05) is 0 Å². The highest BCUT2D eigenvalue weighted by Crippen LogP contribution is 1.98. The summed E-state index contributed by atoms with van der Waals surface area (Å²) in [6.45, 7) is 10.2. The highest BCUT2D eigenvalue weighted by atomic mass is 32.2. The summed E-state index contributed by atoms with van der Waals surface area (Å²) in [7, 11) is -2.91. The lowest BCUT2D eigenvalue weighted by Gasteiger charge is -2.09. The molecule has 0 aromatic carbocycles. The smallest absolute Gasteiger partial charge is 0.153 e. The van der Waals surface area contributed by atoms with E-state index in [1.165, 1.54) is 0 Å². The summed E-state index contributed by atoms with van der Waals surface area (Å²) in [5, 5.41) is 2.78. The van der Waals surface area contributed by atoms with Crippen LogP contribution in [0.2, 0.25) is 0 Å². The van der Waals surface area contributed by atoms with E-state index >= 15 is 0 Å². The molecule has 0 spiro atoms. The maximum Gasteiger partial charge on any atom is 0.153 e. The number of nitrogens with one attached hydrogen (secondary N) is 1. The second kappa shape index (κ2) is 8.03. The van der Waals surface area contributed by atoms with Crippen molar-refractivity contribution < 1.29 is 13.2 Å². The Kier molecular flexibility index (Phi) is 7.97. The number of sulfone groups is 1. The molecular weight excluding hydrogens is 226 g/mol.